The minimum absolute atomic E-state index is 0.195. The molecule has 0 aromatic heterocycles. The summed E-state index contributed by atoms with van der Waals surface area (Å²) in [6, 6.07) is 14.4. The summed E-state index contributed by atoms with van der Waals surface area (Å²) < 4.78 is 16.2. The molecule has 0 unspecified atom stereocenters. The van der Waals surface area contributed by atoms with Gasteiger partial charge in [0.25, 0.3) is 5.91 Å². The maximum atomic E-state index is 12.4. The van der Waals surface area contributed by atoms with E-state index in [2.05, 4.69) is 5.32 Å². The van der Waals surface area contributed by atoms with Gasteiger partial charge < -0.3 is 19.5 Å². The largest absolute Gasteiger partial charge is 0.494 e. The van der Waals surface area contributed by atoms with E-state index in [4.69, 9.17) is 14.2 Å². The van der Waals surface area contributed by atoms with Crippen LogP contribution in [0.2, 0.25) is 0 Å². The SMILES string of the molecule is CCOCCOc1cccc(C(=O)Nc2cccc(OCC)c2)c1. The predicted octanol–water partition coefficient (Wildman–Crippen LogP) is 3.75. The monoisotopic (exact) mass is 329 g/mol. The Balaban J connectivity index is 1.98. The van der Waals surface area contributed by atoms with Gasteiger partial charge in [0.2, 0.25) is 0 Å². The van der Waals surface area contributed by atoms with E-state index in [0.717, 1.165) is 5.75 Å². The molecule has 0 saturated heterocycles. The zero-order valence-corrected chi connectivity index (χ0v) is 14.1. The Bertz CT molecular complexity index is 657. The van der Waals surface area contributed by atoms with E-state index in [1.54, 1.807) is 24.3 Å². The molecule has 0 bridgehead atoms. The molecule has 0 fully saturated rings. The summed E-state index contributed by atoms with van der Waals surface area (Å²) in [6.07, 6.45) is 0. The first-order chi connectivity index (χ1) is 11.7. The molecule has 0 spiro atoms. The van der Waals surface area contributed by atoms with Crippen molar-refractivity contribution in [2.24, 2.45) is 0 Å². The first kappa shape index (κ1) is 17.8. The van der Waals surface area contributed by atoms with Crippen LogP contribution in [0.5, 0.6) is 11.5 Å². The smallest absolute Gasteiger partial charge is 0.255 e. The van der Waals surface area contributed by atoms with Gasteiger partial charge >= 0.3 is 0 Å². The van der Waals surface area contributed by atoms with Crippen LogP contribution in [0.4, 0.5) is 5.69 Å². The zero-order chi connectivity index (χ0) is 17.2. The molecule has 0 aliphatic carbocycles. The molecule has 5 nitrogen and oxygen atoms in total. The van der Waals surface area contributed by atoms with Gasteiger partial charge in [-0.25, -0.2) is 0 Å². The van der Waals surface area contributed by atoms with Crippen LogP contribution in [0.25, 0.3) is 0 Å². The third-order valence-corrected chi connectivity index (χ3v) is 3.20. The standard InChI is InChI=1S/C19H23NO4/c1-3-22-11-12-24-17-9-5-7-15(13-17)19(21)20-16-8-6-10-18(14-16)23-4-2/h5-10,13-14H,3-4,11-12H2,1-2H3,(H,20,21). The lowest BCUT2D eigenvalue weighted by atomic mass is 10.2. The molecular weight excluding hydrogens is 306 g/mol. The van der Waals surface area contributed by atoms with E-state index in [0.29, 0.717) is 43.4 Å². The normalized spacial score (nSPS) is 10.2. The highest BCUT2D eigenvalue weighted by molar-refractivity contribution is 6.04. The van der Waals surface area contributed by atoms with Crippen LogP contribution in [0.1, 0.15) is 24.2 Å². The Labute approximate surface area is 142 Å². The van der Waals surface area contributed by atoms with E-state index in [-0.39, 0.29) is 5.91 Å². The summed E-state index contributed by atoms with van der Waals surface area (Å²) in [6.45, 7) is 6.07. The van der Waals surface area contributed by atoms with Crippen molar-refractivity contribution in [2.75, 3.05) is 31.7 Å². The fourth-order valence-electron chi connectivity index (χ4n) is 2.12. The van der Waals surface area contributed by atoms with Crippen LogP contribution in [0.15, 0.2) is 48.5 Å². The topological polar surface area (TPSA) is 56.8 Å². The molecule has 2 aromatic carbocycles. The average Bonchev–Trinajstić information content (AvgIpc) is 2.60. The van der Waals surface area contributed by atoms with Crippen molar-refractivity contribution in [2.45, 2.75) is 13.8 Å². The number of hydrogen-bond acceptors (Lipinski definition) is 4. The zero-order valence-electron chi connectivity index (χ0n) is 14.1. The van der Waals surface area contributed by atoms with Gasteiger partial charge in [-0.1, -0.05) is 12.1 Å². The van der Waals surface area contributed by atoms with E-state index in [1.807, 2.05) is 38.1 Å². The van der Waals surface area contributed by atoms with E-state index in [1.165, 1.54) is 0 Å². The highest BCUT2D eigenvalue weighted by atomic mass is 16.5. The fraction of sp³-hybridized carbons (Fsp3) is 0.316. The Kier molecular flexibility index (Phi) is 7.11. The molecule has 0 saturated carbocycles. The Morgan fingerprint density at radius 3 is 2.42 bits per heavy atom. The van der Waals surface area contributed by atoms with Gasteiger partial charge in [0, 0.05) is 23.9 Å². The third kappa shape index (κ3) is 5.59. The number of anilines is 1. The molecule has 2 aromatic rings. The van der Waals surface area contributed by atoms with Crippen molar-refractivity contribution in [3.8, 4) is 11.5 Å². The van der Waals surface area contributed by atoms with Crippen LogP contribution < -0.4 is 14.8 Å². The van der Waals surface area contributed by atoms with Crippen LogP contribution in [-0.4, -0.2) is 32.3 Å². The van der Waals surface area contributed by atoms with E-state index in [9.17, 15) is 4.79 Å². The quantitative estimate of drug-likeness (QED) is 0.712. The van der Waals surface area contributed by atoms with Gasteiger partial charge in [-0.2, -0.15) is 0 Å². The molecule has 0 atom stereocenters. The lowest BCUT2D eigenvalue weighted by Gasteiger charge is -2.10. The maximum absolute atomic E-state index is 12.4. The Hall–Kier alpha value is -2.53. The molecule has 1 N–H and O–H groups in total. The van der Waals surface area contributed by atoms with Crippen molar-refractivity contribution in [1.82, 2.24) is 0 Å². The second kappa shape index (κ2) is 9.57. The van der Waals surface area contributed by atoms with Crippen molar-refractivity contribution >= 4 is 11.6 Å². The van der Waals surface area contributed by atoms with Gasteiger partial charge in [-0.05, 0) is 44.2 Å². The molecule has 0 aliphatic heterocycles. The predicted molar refractivity (Wildman–Crippen MR) is 94.0 cm³/mol. The van der Waals surface area contributed by atoms with Gasteiger partial charge in [-0.3, -0.25) is 4.79 Å². The Morgan fingerprint density at radius 1 is 0.917 bits per heavy atom. The van der Waals surface area contributed by atoms with Gasteiger partial charge in [0.1, 0.15) is 18.1 Å². The van der Waals surface area contributed by atoms with Crippen LogP contribution in [-0.2, 0) is 4.74 Å². The minimum Gasteiger partial charge on any atom is -0.494 e. The highest BCUT2D eigenvalue weighted by Crippen LogP contribution is 2.19. The van der Waals surface area contributed by atoms with Crippen LogP contribution >= 0.6 is 0 Å². The summed E-state index contributed by atoms with van der Waals surface area (Å²) >= 11 is 0. The van der Waals surface area contributed by atoms with Gasteiger partial charge in [0.15, 0.2) is 0 Å². The van der Waals surface area contributed by atoms with Crippen LogP contribution in [0.3, 0.4) is 0 Å². The molecular formula is C19H23NO4. The molecule has 24 heavy (non-hydrogen) atoms. The first-order valence-corrected chi connectivity index (χ1v) is 8.07. The molecule has 128 valence electrons. The van der Waals surface area contributed by atoms with Gasteiger partial charge in [-0.15, -0.1) is 0 Å². The molecule has 0 heterocycles. The lowest BCUT2D eigenvalue weighted by molar-refractivity contribution is 0.102. The van der Waals surface area contributed by atoms with Crippen molar-refractivity contribution in [3.63, 3.8) is 0 Å². The molecule has 0 aliphatic rings. The summed E-state index contributed by atoms with van der Waals surface area (Å²) in [4.78, 5) is 12.4. The van der Waals surface area contributed by atoms with E-state index >= 15 is 0 Å². The Morgan fingerprint density at radius 2 is 1.67 bits per heavy atom. The number of hydrogen-bond donors (Lipinski definition) is 1. The average molecular weight is 329 g/mol. The summed E-state index contributed by atoms with van der Waals surface area (Å²) in [5.41, 5.74) is 1.22. The highest BCUT2D eigenvalue weighted by Gasteiger charge is 2.08. The molecule has 1 amide bonds. The number of rotatable bonds is 9. The fourth-order valence-corrected chi connectivity index (χ4v) is 2.12. The maximum Gasteiger partial charge on any atom is 0.255 e. The number of nitrogens with one attached hydrogen (secondary N) is 1. The minimum atomic E-state index is -0.195. The van der Waals surface area contributed by atoms with Crippen LogP contribution in [0, 0.1) is 0 Å². The summed E-state index contributed by atoms with van der Waals surface area (Å²) in [5, 5.41) is 2.86. The molecule has 2 rings (SSSR count). The number of carbonyl (C=O) groups is 1. The third-order valence-electron chi connectivity index (χ3n) is 3.20. The van der Waals surface area contributed by atoms with Crippen molar-refractivity contribution in [1.29, 1.82) is 0 Å². The summed E-state index contributed by atoms with van der Waals surface area (Å²) in [7, 11) is 0. The first-order valence-electron chi connectivity index (χ1n) is 8.07. The summed E-state index contributed by atoms with van der Waals surface area (Å²) in [5.74, 6) is 1.17. The second-order valence-electron chi connectivity index (χ2n) is 4.99. The molecule has 0 radical (unpaired) electrons. The number of amides is 1. The molecule has 5 heteroatoms. The lowest BCUT2D eigenvalue weighted by Crippen LogP contribution is -2.12. The van der Waals surface area contributed by atoms with E-state index < -0.39 is 0 Å². The number of benzene rings is 2. The second-order valence-corrected chi connectivity index (χ2v) is 4.99. The van der Waals surface area contributed by atoms with Gasteiger partial charge in [0.05, 0.1) is 13.2 Å². The van der Waals surface area contributed by atoms with Crippen molar-refractivity contribution in [3.05, 3.63) is 54.1 Å². The van der Waals surface area contributed by atoms with Crippen molar-refractivity contribution < 1.29 is 19.0 Å². The number of carbonyl (C=O) groups excluding carboxylic acids is 1. The number of ether oxygens (including phenoxy) is 3.